The van der Waals surface area contributed by atoms with Crippen LogP contribution < -0.4 is 16.4 Å². The molecule has 0 aromatic carbocycles. The first-order valence-electron chi connectivity index (χ1n) is 9.23. The normalized spacial score (nSPS) is 13.8. The van der Waals surface area contributed by atoms with Gasteiger partial charge in [-0.1, -0.05) is 19.1 Å². The Kier molecular flexibility index (Phi) is 7.90. The van der Waals surface area contributed by atoms with Crippen LogP contribution in [0.4, 0.5) is 10.2 Å². The standard InChI is InChI=1S/C20H27FN6O2/c1-5-7-15(26-20(29-4)23-10-13(2)21)8-6-9-16-17(14(3)28)11-27-18(16)19(22)24-12-25-27/h6-8,10-12,20,23,26H,5,9H2,1-4H3,(H2,22,24,25)/b8-6-,13-10-,15-7+. The number of nitrogen functional groups attached to an aromatic ring is 1. The van der Waals surface area contributed by atoms with Crippen molar-refractivity contribution in [2.45, 2.75) is 40.0 Å². The molecule has 0 saturated carbocycles. The first kappa shape index (κ1) is 22.1. The molecule has 0 saturated heterocycles. The first-order valence-corrected chi connectivity index (χ1v) is 9.23. The van der Waals surface area contributed by atoms with E-state index in [1.807, 2.05) is 25.2 Å². The summed E-state index contributed by atoms with van der Waals surface area (Å²) in [5.41, 5.74) is 8.72. The van der Waals surface area contributed by atoms with E-state index in [9.17, 15) is 9.18 Å². The average molecular weight is 402 g/mol. The predicted molar refractivity (Wildman–Crippen MR) is 111 cm³/mol. The lowest BCUT2D eigenvalue weighted by Crippen LogP contribution is -2.40. The van der Waals surface area contributed by atoms with E-state index in [1.54, 1.807) is 10.7 Å². The molecule has 0 spiro atoms. The molecule has 2 heterocycles. The second-order valence-corrected chi connectivity index (χ2v) is 6.35. The number of nitrogens with zero attached hydrogens (tertiary/aromatic N) is 3. The fraction of sp³-hybridized carbons (Fsp3) is 0.350. The van der Waals surface area contributed by atoms with E-state index < -0.39 is 6.35 Å². The maximum Gasteiger partial charge on any atom is 0.204 e. The molecule has 9 heteroatoms. The van der Waals surface area contributed by atoms with Gasteiger partial charge in [-0.25, -0.2) is 13.9 Å². The number of allylic oxidation sites excluding steroid dienone is 4. The minimum atomic E-state index is -0.602. The van der Waals surface area contributed by atoms with E-state index in [2.05, 4.69) is 20.7 Å². The number of carbonyl (C=O) groups is 1. The van der Waals surface area contributed by atoms with Crippen LogP contribution in [0.5, 0.6) is 0 Å². The third-order valence-electron chi connectivity index (χ3n) is 4.10. The van der Waals surface area contributed by atoms with Gasteiger partial charge in [-0.05, 0) is 38.3 Å². The number of Topliss-reactive ketones (excluding diaryl/α,β-unsaturated/α-hetero) is 1. The van der Waals surface area contributed by atoms with Crippen molar-refractivity contribution in [2.75, 3.05) is 12.8 Å². The molecule has 8 nitrogen and oxygen atoms in total. The third-order valence-corrected chi connectivity index (χ3v) is 4.10. The Morgan fingerprint density at radius 3 is 2.83 bits per heavy atom. The molecular formula is C20H27FN6O2. The van der Waals surface area contributed by atoms with Gasteiger partial charge >= 0.3 is 0 Å². The molecule has 2 rings (SSSR count). The number of ketones is 1. The fourth-order valence-electron chi connectivity index (χ4n) is 2.82. The van der Waals surface area contributed by atoms with E-state index in [0.29, 0.717) is 23.3 Å². The summed E-state index contributed by atoms with van der Waals surface area (Å²) in [6.45, 7) is 4.85. The quantitative estimate of drug-likeness (QED) is 0.319. The molecule has 0 fully saturated rings. The highest BCUT2D eigenvalue weighted by Crippen LogP contribution is 2.23. The molecule has 4 N–H and O–H groups in total. The molecule has 0 amide bonds. The average Bonchev–Trinajstić information content (AvgIpc) is 3.05. The molecule has 29 heavy (non-hydrogen) atoms. The van der Waals surface area contributed by atoms with E-state index >= 15 is 0 Å². The minimum absolute atomic E-state index is 0.0715. The van der Waals surface area contributed by atoms with Crippen molar-refractivity contribution in [3.05, 3.63) is 59.6 Å². The number of fused-ring (bicyclic) bond motifs is 1. The highest BCUT2D eigenvalue weighted by Gasteiger charge is 2.16. The zero-order chi connectivity index (χ0) is 21.4. The number of aromatic nitrogens is 3. The lowest BCUT2D eigenvalue weighted by Gasteiger charge is -2.19. The van der Waals surface area contributed by atoms with Crippen LogP contribution in [0.25, 0.3) is 5.52 Å². The summed E-state index contributed by atoms with van der Waals surface area (Å²) in [7, 11) is 1.51. The molecule has 156 valence electrons. The van der Waals surface area contributed by atoms with Crippen LogP contribution in [0.3, 0.4) is 0 Å². The number of rotatable bonds is 10. The number of nitrogens with one attached hydrogen (secondary N) is 2. The van der Waals surface area contributed by atoms with Gasteiger partial charge in [-0.2, -0.15) is 5.10 Å². The van der Waals surface area contributed by atoms with Crippen molar-refractivity contribution >= 4 is 17.1 Å². The van der Waals surface area contributed by atoms with Gasteiger partial charge in [-0.3, -0.25) is 4.79 Å². The third kappa shape index (κ3) is 5.89. The Balaban J connectivity index is 2.24. The second kappa shape index (κ2) is 10.4. The Morgan fingerprint density at radius 2 is 2.21 bits per heavy atom. The summed E-state index contributed by atoms with van der Waals surface area (Å²) in [5.74, 6) is -0.115. The number of hydrogen-bond acceptors (Lipinski definition) is 7. The van der Waals surface area contributed by atoms with Gasteiger partial charge in [0.2, 0.25) is 6.35 Å². The van der Waals surface area contributed by atoms with Crippen molar-refractivity contribution in [1.29, 1.82) is 0 Å². The number of nitrogens with two attached hydrogens (primary N) is 1. The number of carbonyl (C=O) groups excluding carboxylic acids is 1. The Hall–Kier alpha value is -3.20. The molecule has 0 radical (unpaired) electrons. The summed E-state index contributed by atoms with van der Waals surface area (Å²) in [5, 5.41) is 10.1. The lowest BCUT2D eigenvalue weighted by atomic mass is 10.1. The number of hydrogen-bond donors (Lipinski definition) is 3. The minimum Gasteiger partial charge on any atom is -0.382 e. The summed E-state index contributed by atoms with van der Waals surface area (Å²) in [6.07, 6.45) is 10.6. The monoisotopic (exact) mass is 402 g/mol. The predicted octanol–water partition coefficient (Wildman–Crippen LogP) is 2.85. The molecular weight excluding hydrogens is 375 g/mol. The van der Waals surface area contributed by atoms with Crippen LogP contribution >= 0.6 is 0 Å². The maximum absolute atomic E-state index is 12.9. The zero-order valence-electron chi connectivity index (χ0n) is 17.1. The highest BCUT2D eigenvalue weighted by molar-refractivity contribution is 5.98. The Bertz CT molecular complexity index is 944. The van der Waals surface area contributed by atoms with Crippen LogP contribution in [0.1, 0.15) is 43.1 Å². The van der Waals surface area contributed by atoms with Crippen molar-refractivity contribution < 1.29 is 13.9 Å². The van der Waals surface area contributed by atoms with Gasteiger partial charge in [0.1, 0.15) is 17.7 Å². The van der Waals surface area contributed by atoms with E-state index in [1.165, 1.54) is 33.5 Å². The van der Waals surface area contributed by atoms with Gasteiger partial charge in [0.15, 0.2) is 11.6 Å². The van der Waals surface area contributed by atoms with Gasteiger partial charge in [0, 0.05) is 30.8 Å². The maximum atomic E-state index is 12.9. The van der Waals surface area contributed by atoms with Gasteiger partial charge < -0.3 is 21.1 Å². The summed E-state index contributed by atoms with van der Waals surface area (Å²) >= 11 is 0. The zero-order valence-corrected chi connectivity index (χ0v) is 17.1. The fourth-order valence-corrected chi connectivity index (χ4v) is 2.82. The summed E-state index contributed by atoms with van der Waals surface area (Å²) in [4.78, 5) is 16.1. The van der Waals surface area contributed by atoms with Crippen LogP contribution in [-0.2, 0) is 11.2 Å². The molecule has 1 unspecified atom stereocenters. The van der Waals surface area contributed by atoms with Crippen molar-refractivity contribution in [2.24, 2.45) is 0 Å². The summed E-state index contributed by atoms with van der Waals surface area (Å²) < 4.78 is 19.8. The molecule has 0 aliphatic heterocycles. The second-order valence-electron chi connectivity index (χ2n) is 6.35. The van der Waals surface area contributed by atoms with E-state index in [-0.39, 0.29) is 11.6 Å². The van der Waals surface area contributed by atoms with Gasteiger partial charge in [-0.15, -0.1) is 0 Å². The number of anilines is 1. The number of halogens is 1. The highest BCUT2D eigenvalue weighted by atomic mass is 19.1. The number of ether oxygens (including phenoxy) is 1. The van der Waals surface area contributed by atoms with Crippen LogP contribution in [0.15, 0.2) is 48.5 Å². The Labute approximate surface area is 169 Å². The van der Waals surface area contributed by atoms with Crippen LogP contribution in [-0.4, -0.2) is 33.8 Å². The van der Waals surface area contributed by atoms with Crippen molar-refractivity contribution in [1.82, 2.24) is 25.2 Å². The van der Waals surface area contributed by atoms with Gasteiger partial charge in [0.05, 0.1) is 0 Å². The van der Waals surface area contributed by atoms with Crippen molar-refractivity contribution in [3.63, 3.8) is 0 Å². The molecule has 0 aliphatic rings. The largest absolute Gasteiger partial charge is 0.382 e. The number of methoxy groups -OCH3 is 1. The molecule has 0 aliphatic carbocycles. The van der Waals surface area contributed by atoms with Crippen molar-refractivity contribution in [3.8, 4) is 0 Å². The SMILES string of the molecule is CC/C=C(\C=C/Cc1c(C(C)=O)cn2ncnc(N)c12)NC(N/C=C(/C)F)OC. The molecule has 2 aromatic heterocycles. The molecule has 1 atom stereocenters. The van der Waals surface area contributed by atoms with E-state index in [0.717, 1.165) is 17.7 Å². The first-order chi connectivity index (χ1) is 13.9. The lowest BCUT2D eigenvalue weighted by molar-refractivity contribution is 0.0662. The van der Waals surface area contributed by atoms with Crippen LogP contribution in [0.2, 0.25) is 0 Å². The molecule has 0 bridgehead atoms. The smallest absolute Gasteiger partial charge is 0.204 e. The van der Waals surface area contributed by atoms with Crippen LogP contribution in [0, 0.1) is 0 Å². The molecule has 2 aromatic rings. The van der Waals surface area contributed by atoms with E-state index in [4.69, 9.17) is 10.5 Å². The van der Waals surface area contributed by atoms with Gasteiger partial charge in [0.25, 0.3) is 0 Å². The topological polar surface area (TPSA) is 107 Å². The summed E-state index contributed by atoms with van der Waals surface area (Å²) in [6, 6.07) is 0. The Morgan fingerprint density at radius 1 is 1.45 bits per heavy atom.